The third-order valence-electron chi connectivity index (χ3n) is 6.88. The van der Waals surface area contributed by atoms with Crippen molar-refractivity contribution in [2.75, 3.05) is 11.9 Å². The van der Waals surface area contributed by atoms with Crippen molar-refractivity contribution in [3.8, 4) is 0 Å². The fourth-order valence-corrected chi connectivity index (χ4v) is 4.49. The number of rotatable bonds is 9. The summed E-state index contributed by atoms with van der Waals surface area (Å²) < 4.78 is 29.1. The standard InChI is InChI=1S/C27H33F2N5O2/c1-17-6-4-5-7-19(17)15-31-26(36)27(2,3)34-16-24(33-34)32-25(35)10-11-30-21-9-8-18-12-20(28)13-23(29)22(18)14-21/h4-7,12-13,16,21,30,33H,8-11,14-15H2,1-3H3,(H,31,36)(H,32,35). The van der Waals surface area contributed by atoms with Gasteiger partial charge in [0.2, 0.25) is 11.8 Å². The largest absolute Gasteiger partial charge is 0.350 e. The number of carbonyl (C=O) groups excluding carboxylic acids is 2. The van der Waals surface area contributed by atoms with E-state index in [2.05, 4.69) is 21.0 Å². The molecular formula is C27H33F2N5O2. The van der Waals surface area contributed by atoms with E-state index in [0.717, 1.165) is 29.2 Å². The summed E-state index contributed by atoms with van der Waals surface area (Å²) in [7, 11) is 0. The maximum absolute atomic E-state index is 14.1. The monoisotopic (exact) mass is 497 g/mol. The number of hydrogen-bond donors (Lipinski definition) is 4. The lowest BCUT2D eigenvalue weighted by Crippen LogP contribution is -2.46. The van der Waals surface area contributed by atoms with E-state index in [1.165, 1.54) is 6.07 Å². The van der Waals surface area contributed by atoms with E-state index in [4.69, 9.17) is 0 Å². The molecule has 1 heterocycles. The minimum Gasteiger partial charge on any atom is -0.350 e. The lowest BCUT2D eigenvalue weighted by atomic mass is 9.88. The SMILES string of the molecule is Cc1ccccc1CNC(=O)C(C)(C)n1cc(NC(=O)CCNC2CCc3cc(F)cc(F)c3C2)[nH]1. The lowest BCUT2D eigenvalue weighted by molar-refractivity contribution is -0.129. The molecule has 36 heavy (non-hydrogen) atoms. The fourth-order valence-electron chi connectivity index (χ4n) is 4.49. The smallest absolute Gasteiger partial charge is 0.247 e. The van der Waals surface area contributed by atoms with Crippen LogP contribution in [-0.2, 0) is 34.5 Å². The Morgan fingerprint density at radius 3 is 2.69 bits per heavy atom. The Morgan fingerprint density at radius 1 is 1.19 bits per heavy atom. The second-order valence-electron chi connectivity index (χ2n) is 9.91. The quantitative estimate of drug-likeness (QED) is 0.361. The van der Waals surface area contributed by atoms with E-state index in [1.54, 1.807) is 24.7 Å². The summed E-state index contributed by atoms with van der Waals surface area (Å²) in [5.74, 6) is -0.841. The van der Waals surface area contributed by atoms with Gasteiger partial charge in [-0.3, -0.25) is 19.4 Å². The number of aromatic nitrogens is 2. The first kappa shape index (κ1) is 25.6. The van der Waals surface area contributed by atoms with Crippen LogP contribution in [0.3, 0.4) is 0 Å². The van der Waals surface area contributed by atoms with Crippen molar-refractivity contribution in [1.82, 2.24) is 20.4 Å². The number of fused-ring (bicyclic) bond motifs is 1. The topological polar surface area (TPSA) is 90.9 Å². The Bertz CT molecular complexity index is 1230. The van der Waals surface area contributed by atoms with Crippen LogP contribution >= 0.6 is 0 Å². The molecule has 4 rings (SSSR count). The van der Waals surface area contributed by atoms with Crippen molar-refractivity contribution in [2.24, 2.45) is 0 Å². The summed E-state index contributed by atoms with van der Waals surface area (Å²) in [5.41, 5.74) is 2.61. The van der Waals surface area contributed by atoms with E-state index in [1.807, 2.05) is 31.2 Å². The predicted molar refractivity (Wildman–Crippen MR) is 135 cm³/mol. The molecular weight excluding hydrogens is 464 g/mol. The molecule has 1 aliphatic rings. The van der Waals surface area contributed by atoms with Crippen LogP contribution in [0.4, 0.5) is 14.6 Å². The number of nitrogens with one attached hydrogen (secondary N) is 4. The van der Waals surface area contributed by atoms with Crippen LogP contribution in [0.15, 0.2) is 42.6 Å². The van der Waals surface area contributed by atoms with Crippen LogP contribution < -0.4 is 16.0 Å². The molecule has 0 bridgehead atoms. The van der Waals surface area contributed by atoms with Gasteiger partial charge in [0.15, 0.2) is 0 Å². The first-order valence-corrected chi connectivity index (χ1v) is 12.2. The van der Waals surface area contributed by atoms with E-state index in [-0.39, 0.29) is 24.3 Å². The first-order chi connectivity index (χ1) is 17.1. The van der Waals surface area contributed by atoms with Crippen LogP contribution in [0.25, 0.3) is 0 Å². The van der Waals surface area contributed by atoms with Crippen LogP contribution in [0.1, 0.15) is 48.9 Å². The second kappa shape index (κ2) is 10.7. The van der Waals surface area contributed by atoms with E-state index >= 15 is 0 Å². The highest BCUT2D eigenvalue weighted by atomic mass is 19.1. The minimum atomic E-state index is -0.853. The highest BCUT2D eigenvalue weighted by Crippen LogP contribution is 2.25. The van der Waals surface area contributed by atoms with Crippen molar-refractivity contribution in [3.63, 3.8) is 0 Å². The van der Waals surface area contributed by atoms with Crippen LogP contribution in [-0.4, -0.2) is 34.2 Å². The van der Waals surface area contributed by atoms with Gasteiger partial charge in [0.05, 0.1) is 6.20 Å². The molecule has 2 amide bonds. The molecule has 1 aliphatic carbocycles. The average molecular weight is 498 g/mol. The molecule has 4 N–H and O–H groups in total. The third kappa shape index (κ3) is 5.84. The van der Waals surface area contributed by atoms with Gasteiger partial charge < -0.3 is 16.0 Å². The van der Waals surface area contributed by atoms with Gasteiger partial charge in [0.25, 0.3) is 0 Å². The molecule has 0 fully saturated rings. The van der Waals surface area contributed by atoms with Crippen LogP contribution in [0, 0.1) is 18.6 Å². The molecule has 0 saturated carbocycles. The average Bonchev–Trinajstić information content (AvgIpc) is 2.80. The van der Waals surface area contributed by atoms with Crippen molar-refractivity contribution >= 4 is 17.6 Å². The fraction of sp³-hybridized carbons (Fsp3) is 0.407. The molecule has 0 radical (unpaired) electrons. The van der Waals surface area contributed by atoms with Crippen molar-refractivity contribution < 1.29 is 18.4 Å². The minimum absolute atomic E-state index is 0.0424. The van der Waals surface area contributed by atoms with Gasteiger partial charge in [0, 0.05) is 31.6 Å². The van der Waals surface area contributed by atoms with Gasteiger partial charge >= 0.3 is 0 Å². The Morgan fingerprint density at radius 2 is 1.94 bits per heavy atom. The lowest BCUT2D eigenvalue weighted by Gasteiger charge is -2.30. The maximum Gasteiger partial charge on any atom is 0.247 e. The number of benzene rings is 2. The van der Waals surface area contributed by atoms with Gasteiger partial charge in [-0.2, -0.15) is 0 Å². The summed E-state index contributed by atoms with van der Waals surface area (Å²) >= 11 is 0. The van der Waals surface area contributed by atoms with Crippen molar-refractivity contribution in [2.45, 2.75) is 64.6 Å². The number of aromatic amines is 1. The predicted octanol–water partition coefficient (Wildman–Crippen LogP) is 3.93. The first-order valence-electron chi connectivity index (χ1n) is 12.2. The third-order valence-corrected chi connectivity index (χ3v) is 6.88. The number of anilines is 1. The molecule has 0 spiro atoms. The van der Waals surface area contributed by atoms with Crippen LogP contribution in [0.5, 0.6) is 0 Å². The van der Waals surface area contributed by atoms with E-state index in [9.17, 15) is 18.4 Å². The second-order valence-corrected chi connectivity index (χ2v) is 9.91. The summed E-state index contributed by atoms with van der Waals surface area (Å²) in [6.07, 6.45) is 3.79. The number of H-pyrrole nitrogens is 1. The highest BCUT2D eigenvalue weighted by Gasteiger charge is 2.31. The number of amides is 2. The van der Waals surface area contributed by atoms with Crippen LogP contribution in [0.2, 0.25) is 0 Å². The molecule has 0 saturated heterocycles. The summed E-state index contributed by atoms with van der Waals surface area (Å²) in [5, 5.41) is 12.1. The van der Waals surface area contributed by atoms with Gasteiger partial charge in [-0.15, -0.1) is 0 Å². The van der Waals surface area contributed by atoms with Crippen molar-refractivity contribution in [3.05, 3.63) is 76.5 Å². The Balaban J connectivity index is 1.20. The van der Waals surface area contributed by atoms with Crippen molar-refractivity contribution in [1.29, 1.82) is 0 Å². The number of aryl methyl sites for hydroxylation is 2. The van der Waals surface area contributed by atoms with Gasteiger partial charge in [0.1, 0.15) is 23.0 Å². The molecule has 2 aromatic carbocycles. The summed E-state index contributed by atoms with van der Waals surface area (Å²) in [4.78, 5) is 25.1. The van der Waals surface area contributed by atoms with Gasteiger partial charge in [-0.05, 0) is 68.4 Å². The molecule has 1 atom stereocenters. The summed E-state index contributed by atoms with van der Waals surface area (Å²) in [6.45, 7) is 6.49. The molecule has 0 aliphatic heterocycles. The molecule has 3 aromatic rings. The molecule has 1 aromatic heterocycles. The van der Waals surface area contributed by atoms with E-state index in [0.29, 0.717) is 37.3 Å². The molecule has 192 valence electrons. The molecule has 9 heteroatoms. The number of halogens is 2. The van der Waals surface area contributed by atoms with E-state index < -0.39 is 17.2 Å². The highest BCUT2D eigenvalue weighted by molar-refractivity contribution is 5.90. The number of carbonyl (C=O) groups is 2. The molecule has 7 nitrogen and oxygen atoms in total. The number of nitrogens with zero attached hydrogens (tertiary/aromatic N) is 1. The van der Waals surface area contributed by atoms with Gasteiger partial charge in [-0.25, -0.2) is 8.78 Å². The van der Waals surface area contributed by atoms with Gasteiger partial charge in [-0.1, -0.05) is 24.3 Å². The Hall–Kier alpha value is -3.46. The maximum atomic E-state index is 14.1. The zero-order valence-electron chi connectivity index (χ0n) is 20.9. The zero-order chi connectivity index (χ0) is 25.9. The summed E-state index contributed by atoms with van der Waals surface area (Å²) in [6, 6.07) is 10.3. The Labute approximate surface area is 209 Å². The molecule has 1 unspecified atom stereocenters. The zero-order valence-corrected chi connectivity index (χ0v) is 20.9. The number of hydrogen-bond acceptors (Lipinski definition) is 3. The Kier molecular flexibility index (Phi) is 7.59. The normalized spacial score (nSPS) is 15.4.